The first-order chi connectivity index (χ1) is 18.4. The van der Waals surface area contributed by atoms with Gasteiger partial charge >= 0.3 is 5.97 Å². The van der Waals surface area contributed by atoms with Crippen LogP contribution in [0.1, 0.15) is 5.56 Å². The second kappa shape index (κ2) is 10.7. The van der Waals surface area contributed by atoms with Gasteiger partial charge in [-0.15, -0.1) is 0 Å². The number of esters is 1. The molecule has 0 aliphatic rings. The van der Waals surface area contributed by atoms with Crippen molar-refractivity contribution in [2.75, 3.05) is 20.8 Å². The number of carbonyl (C=O) groups excluding carboxylic acids is 1. The number of rotatable bonds is 7. The zero-order valence-corrected chi connectivity index (χ0v) is 22.4. The highest BCUT2D eigenvalue weighted by Gasteiger charge is 2.18. The van der Waals surface area contributed by atoms with Crippen LogP contribution in [0.4, 0.5) is 0 Å². The number of furan rings is 1. The van der Waals surface area contributed by atoms with Crippen LogP contribution in [0.2, 0.25) is 5.02 Å². The lowest BCUT2D eigenvalue weighted by Crippen LogP contribution is -2.20. The Balaban J connectivity index is 1.61. The molecule has 2 heterocycles. The van der Waals surface area contributed by atoms with E-state index in [0.29, 0.717) is 38.0 Å². The van der Waals surface area contributed by atoms with Gasteiger partial charge in [-0.3, -0.25) is 4.79 Å². The number of para-hydroxylation sites is 1. The molecule has 0 atom stereocenters. The van der Waals surface area contributed by atoms with Gasteiger partial charge in [-0.2, -0.15) is 9.78 Å². The Morgan fingerprint density at radius 1 is 1.13 bits per heavy atom. The lowest BCUT2D eigenvalue weighted by molar-refractivity contribution is -0.142. The molecule has 0 radical (unpaired) electrons. The molecular weight excluding hydrogens is 578 g/mol. The number of fused-ring (bicyclic) bond motifs is 2. The number of methoxy groups -OCH3 is 2. The van der Waals surface area contributed by atoms with E-state index in [1.165, 1.54) is 18.0 Å². The molecule has 38 heavy (non-hydrogen) atoms. The van der Waals surface area contributed by atoms with Gasteiger partial charge in [-0.25, -0.2) is 9.78 Å². The van der Waals surface area contributed by atoms with Crippen molar-refractivity contribution in [3.63, 3.8) is 0 Å². The maximum absolute atomic E-state index is 13.5. The minimum atomic E-state index is -0.544. The summed E-state index contributed by atoms with van der Waals surface area (Å²) in [6.45, 7) is -0.300. The van der Waals surface area contributed by atoms with Gasteiger partial charge in [0.2, 0.25) is 5.82 Å². The normalized spacial score (nSPS) is 11.4. The number of nitrogens with zero attached hydrogens (tertiary/aromatic N) is 3. The highest BCUT2D eigenvalue weighted by Crippen LogP contribution is 2.35. The van der Waals surface area contributed by atoms with Crippen molar-refractivity contribution in [3.05, 3.63) is 86.1 Å². The third-order valence-corrected chi connectivity index (χ3v) is 6.49. The minimum Gasteiger partial charge on any atom is -0.496 e. The standard InChI is InChI=1S/C27H19BrClN3O6/c1-35-21-8-5-9-22-17(21)12-23(38-22)26-31-20-7-4-3-6-16(20)27(34)32(26)30-13-15-10-18(28)25(19(29)11-15)37-14-24(33)36-2/h3-13H,14H2,1-2H3. The summed E-state index contributed by atoms with van der Waals surface area (Å²) in [5.74, 6) is 0.916. The van der Waals surface area contributed by atoms with Gasteiger partial charge in [-0.1, -0.05) is 29.8 Å². The van der Waals surface area contributed by atoms with Gasteiger partial charge in [0.05, 0.1) is 46.2 Å². The molecule has 0 amide bonds. The molecule has 3 aromatic carbocycles. The van der Waals surface area contributed by atoms with E-state index in [0.717, 1.165) is 5.39 Å². The summed E-state index contributed by atoms with van der Waals surface area (Å²) in [7, 11) is 2.84. The van der Waals surface area contributed by atoms with Crippen LogP contribution >= 0.6 is 27.5 Å². The first-order valence-corrected chi connectivity index (χ1v) is 12.4. The molecule has 0 spiro atoms. The lowest BCUT2D eigenvalue weighted by Gasteiger charge is -2.10. The predicted molar refractivity (Wildman–Crippen MR) is 147 cm³/mol. The summed E-state index contributed by atoms with van der Waals surface area (Å²) in [4.78, 5) is 29.6. The fourth-order valence-electron chi connectivity index (χ4n) is 3.82. The summed E-state index contributed by atoms with van der Waals surface area (Å²) in [6, 6.07) is 17.5. The smallest absolute Gasteiger partial charge is 0.343 e. The average molecular weight is 597 g/mol. The van der Waals surface area contributed by atoms with Gasteiger partial charge in [0, 0.05) is 0 Å². The van der Waals surface area contributed by atoms with Gasteiger partial charge < -0.3 is 18.6 Å². The van der Waals surface area contributed by atoms with Crippen LogP contribution in [0.3, 0.4) is 0 Å². The van der Waals surface area contributed by atoms with Crippen LogP contribution in [-0.4, -0.2) is 42.7 Å². The van der Waals surface area contributed by atoms with Crippen LogP contribution in [0.15, 0.2) is 79.4 Å². The van der Waals surface area contributed by atoms with Crippen molar-refractivity contribution in [1.82, 2.24) is 9.66 Å². The highest BCUT2D eigenvalue weighted by molar-refractivity contribution is 9.10. The monoisotopic (exact) mass is 595 g/mol. The van der Waals surface area contributed by atoms with E-state index < -0.39 is 5.97 Å². The Kier molecular flexibility index (Phi) is 7.17. The fraction of sp³-hybridized carbons (Fsp3) is 0.111. The summed E-state index contributed by atoms with van der Waals surface area (Å²) in [5.41, 5.74) is 1.27. The van der Waals surface area contributed by atoms with Crippen LogP contribution in [0.25, 0.3) is 33.5 Å². The van der Waals surface area contributed by atoms with Crippen LogP contribution in [-0.2, 0) is 9.53 Å². The topological polar surface area (TPSA) is 105 Å². The molecular formula is C27H19BrClN3O6. The van der Waals surface area contributed by atoms with E-state index in [-0.39, 0.29) is 28.8 Å². The molecule has 5 rings (SSSR count). The van der Waals surface area contributed by atoms with Crippen LogP contribution in [0.5, 0.6) is 11.5 Å². The Hall–Kier alpha value is -4.15. The second-order valence-electron chi connectivity index (χ2n) is 7.98. The van der Waals surface area contributed by atoms with Crippen molar-refractivity contribution in [3.8, 4) is 23.1 Å². The molecule has 0 saturated heterocycles. The van der Waals surface area contributed by atoms with Crippen molar-refractivity contribution in [2.45, 2.75) is 0 Å². The van der Waals surface area contributed by atoms with Gasteiger partial charge in [-0.05, 0) is 64.0 Å². The molecule has 0 aliphatic carbocycles. The van der Waals surface area contributed by atoms with Crippen LogP contribution < -0.4 is 15.0 Å². The molecule has 0 fully saturated rings. The molecule has 0 unspecified atom stereocenters. The second-order valence-corrected chi connectivity index (χ2v) is 9.24. The number of hydrogen-bond acceptors (Lipinski definition) is 8. The molecule has 0 bridgehead atoms. The van der Waals surface area contributed by atoms with Gasteiger partial charge in [0.15, 0.2) is 18.1 Å². The maximum atomic E-state index is 13.5. The number of carbonyl (C=O) groups is 1. The minimum absolute atomic E-state index is 0.214. The highest BCUT2D eigenvalue weighted by atomic mass is 79.9. The fourth-order valence-corrected chi connectivity index (χ4v) is 4.81. The Morgan fingerprint density at radius 3 is 2.71 bits per heavy atom. The van der Waals surface area contributed by atoms with Crippen LogP contribution in [0, 0.1) is 0 Å². The van der Waals surface area contributed by atoms with Crippen molar-refractivity contribution >= 4 is 61.6 Å². The van der Waals surface area contributed by atoms with E-state index in [9.17, 15) is 9.59 Å². The summed E-state index contributed by atoms with van der Waals surface area (Å²) in [6.07, 6.45) is 1.46. The third kappa shape index (κ3) is 4.88. The molecule has 192 valence electrons. The lowest BCUT2D eigenvalue weighted by atomic mass is 10.2. The molecule has 11 heteroatoms. The quantitative estimate of drug-likeness (QED) is 0.176. The SMILES string of the molecule is COC(=O)COc1c(Cl)cc(C=Nn2c(-c3cc4c(OC)cccc4o3)nc3ccccc3c2=O)cc1Br. The zero-order chi connectivity index (χ0) is 26.8. The van der Waals surface area contributed by atoms with E-state index in [1.54, 1.807) is 55.6 Å². The van der Waals surface area contributed by atoms with Crippen molar-refractivity contribution < 1.29 is 23.4 Å². The first kappa shape index (κ1) is 25.5. The largest absolute Gasteiger partial charge is 0.496 e. The molecule has 0 N–H and O–H groups in total. The molecule has 2 aromatic heterocycles. The average Bonchev–Trinajstić information content (AvgIpc) is 3.36. The molecule has 0 saturated carbocycles. The summed E-state index contributed by atoms with van der Waals surface area (Å²) < 4.78 is 23.2. The Bertz CT molecular complexity index is 1760. The molecule has 0 aliphatic heterocycles. The third-order valence-electron chi connectivity index (χ3n) is 5.62. The van der Waals surface area contributed by atoms with Crippen molar-refractivity contribution in [2.24, 2.45) is 5.10 Å². The van der Waals surface area contributed by atoms with Gasteiger partial charge in [0.25, 0.3) is 5.56 Å². The molecule has 5 aromatic rings. The summed E-state index contributed by atoms with van der Waals surface area (Å²) >= 11 is 9.77. The van der Waals surface area contributed by atoms with Gasteiger partial charge in [0.1, 0.15) is 11.3 Å². The number of hydrogen-bond donors (Lipinski definition) is 0. The number of benzene rings is 3. The molecule has 9 nitrogen and oxygen atoms in total. The first-order valence-electron chi connectivity index (χ1n) is 11.2. The maximum Gasteiger partial charge on any atom is 0.343 e. The Labute approximate surface area is 229 Å². The van der Waals surface area contributed by atoms with E-state index in [4.69, 9.17) is 25.5 Å². The number of aromatic nitrogens is 2. The van der Waals surface area contributed by atoms with E-state index in [1.807, 2.05) is 12.1 Å². The zero-order valence-electron chi connectivity index (χ0n) is 20.1. The van der Waals surface area contributed by atoms with Crippen molar-refractivity contribution in [1.29, 1.82) is 0 Å². The number of halogens is 2. The van der Waals surface area contributed by atoms with E-state index >= 15 is 0 Å². The predicted octanol–water partition coefficient (Wildman–Crippen LogP) is 5.67. The summed E-state index contributed by atoms with van der Waals surface area (Å²) in [5, 5.41) is 5.81. The number of ether oxygens (including phenoxy) is 3. The Morgan fingerprint density at radius 2 is 1.95 bits per heavy atom. The van der Waals surface area contributed by atoms with E-state index in [2.05, 4.69) is 30.8 Å².